The zero-order valence-corrected chi connectivity index (χ0v) is 17.4. The molecule has 1 amide bonds. The Morgan fingerprint density at radius 2 is 1.77 bits per heavy atom. The van der Waals surface area contributed by atoms with Gasteiger partial charge in [0.15, 0.2) is 6.61 Å². The zero-order chi connectivity index (χ0) is 22.2. The van der Waals surface area contributed by atoms with E-state index in [1.165, 1.54) is 48.7 Å². The Morgan fingerprint density at radius 3 is 2.52 bits per heavy atom. The fourth-order valence-corrected chi connectivity index (χ4v) is 2.85. The molecule has 0 fully saturated rings. The third kappa shape index (κ3) is 6.80. The summed E-state index contributed by atoms with van der Waals surface area (Å²) in [5.41, 5.74) is 3.06. The summed E-state index contributed by atoms with van der Waals surface area (Å²) in [4.78, 5) is 24.1. The number of carbonyl (C=O) groups excluding carboxylic acids is 2. The Bertz CT molecular complexity index is 1120. The minimum atomic E-state index is -0.637. The number of nitrogens with one attached hydrogen (secondary N) is 1. The predicted octanol–water partition coefficient (Wildman–Crippen LogP) is 4.88. The zero-order valence-electron chi connectivity index (χ0n) is 15.8. The monoisotopic (exact) mass is 460 g/mol. The Kier molecular flexibility index (Phi) is 7.59. The van der Waals surface area contributed by atoms with Crippen molar-refractivity contribution in [3.8, 4) is 11.5 Å². The molecule has 0 aromatic heterocycles. The Morgan fingerprint density at radius 1 is 1.00 bits per heavy atom. The van der Waals surface area contributed by atoms with Crippen LogP contribution in [0.15, 0.2) is 71.8 Å². The van der Waals surface area contributed by atoms with Crippen molar-refractivity contribution in [1.29, 1.82) is 0 Å². The van der Waals surface area contributed by atoms with Crippen LogP contribution in [-0.2, 0) is 4.79 Å². The van der Waals surface area contributed by atoms with Crippen molar-refractivity contribution < 1.29 is 23.5 Å². The van der Waals surface area contributed by atoms with Crippen molar-refractivity contribution in [3.05, 3.63) is 93.7 Å². The Labute approximate surface area is 187 Å². The normalized spacial score (nSPS) is 10.7. The van der Waals surface area contributed by atoms with Crippen LogP contribution in [0.5, 0.6) is 11.5 Å². The van der Waals surface area contributed by atoms with Gasteiger partial charge < -0.3 is 9.47 Å². The quantitative estimate of drug-likeness (QED) is 0.236. The lowest BCUT2D eigenvalue weighted by molar-refractivity contribution is -0.123. The molecule has 0 radical (unpaired) electrons. The van der Waals surface area contributed by atoms with Crippen LogP contribution in [-0.4, -0.2) is 24.7 Å². The number of amides is 1. The average molecular weight is 461 g/mol. The first-order valence-corrected chi connectivity index (χ1v) is 9.64. The largest absolute Gasteiger partial charge is 0.484 e. The van der Waals surface area contributed by atoms with E-state index in [0.717, 1.165) is 0 Å². The second kappa shape index (κ2) is 10.6. The number of hydrogen-bond acceptors (Lipinski definition) is 5. The highest BCUT2D eigenvalue weighted by Crippen LogP contribution is 2.23. The molecule has 0 saturated heterocycles. The van der Waals surface area contributed by atoms with Crippen molar-refractivity contribution in [2.45, 2.75) is 0 Å². The molecular weight excluding hydrogens is 446 g/mol. The highest BCUT2D eigenvalue weighted by Gasteiger charge is 2.13. The molecule has 0 aliphatic heterocycles. The first-order chi connectivity index (χ1) is 14.9. The molecule has 0 saturated carbocycles. The molecule has 0 bridgehead atoms. The lowest BCUT2D eigenvalue weighted by atomic mass is 10.2. The van der Waals surface area contributed by atoms with E-state index < -0.39 is 17.7 Å². The molecule has 0 aliphatic rings. The summed E-state index contributed by atoms with van der Waals surface area (Å²) in [7, 11) is 0. The molecule has 31 heavy (non-hydrogen) atoms. The van der Waals surface area contributed by atoms with Crippen LogP contribution in [0.4, 0.5) is 4.39 Å². The SMILES string of the molecule is O=C(COc1ccc(F)cc1)N/N=C\c1cccc(OC(=O)c2ccc(Cl)cc2Cl)c1. The van der Waals surface area contributed by atoms with Crippen LogP contribution in [0.2, 0.25) is 10.0 Å². The molecule has 3 rings (SSSR count). The van der Waals surface area contributed by atoms with Crippen molar-refractivity contribution in [2.75, 3.05) is 6.61 Å². The molecule has 158 valence electrons. The summed E-state index contributed by atoms with van der Waals surface area (Å²) in [6.45, 7) is -0.289. The summed E-state index contributed by atoms with van der Waals surface area (Å²) < 4.78 is 23.4. The van der Waals surface area contributed by atoms with E-state index in [0.29, 0.717) is 16.3 Å². The van der Waals surface area contributed by atoms with E-state index in [2.05, 4.69) is 10.5 Å². The van der Waals surface area contributed by atoms with Gasteiger partial charge in [0.25, 0.3) is 5.91 Å². The van der Waals surface area contributed by atoms with Gasteiger partial charge in [0.1, 0.15) is 17.3 Å². The van der Waals surface area contributed by atoms with Gasteiger partial charge in [-0.2, -0.15) is 5.10 Å². The number of halogens is 3. The van der Waals surface area contributed by atoms with E-state index >= 15 is 0 Å². The van der Waals surface area contributed by atoms with Crippen molar-refractivity contribution in [1.82, 2.24) is 5.43 Å². The summed E-state index contributed by atoms with van der Waals surface area (Å²) in [5.74, 6) is -0.908. The number of ether oxygens (including phenoxy) is 2. The van der Waals surface area contributed by atoms with Gasteiger partial charge in [-0.25, -0.2) is 14.6 Å². The predicted molar refractivity (Wildman–Crippen MR) is 115 cm³/mol. The number of benzene rings is 3. The molecule has 9 heteroatoms. The molecule has 0 unspecified atom stereocenters. The standard InChI is InChI=1S/C22H15Cl2FN2O4/c23-15-4-9-19(20(24)11-15)22(29)31-18-3-1-2-14(10-18)12-26-27-21(28)13-30-17-7-5-16(25)6-8-17/h1-12H,13H2,(H,27,28)/b26-12-. The first-order valence-electron chi connectivity index (χ1n) is 8.88. The smallest absolute Gasteiger partial charge is 0.345 e. The number of esters is 1. The van der Waals surface area contributed by atoms with E-state index in [1.807, 2.05) is 0 Å². The minimum absolute atomic E-state index is 0.179. The molecule has 1 N–H and O–H groups in total. The topological polar surface area (TPSA) is 77.0 Å². The fraction of sp³-hybridized carbons (Fsp3) is 0.0455. The molecule has 0 aliphatic carbocycles. The molecular formula is C22H15Cl2FN2O4. The second-order valence-corrected chi connectivity index (χ2v) is 6.97. The van der Waals surface area contributed by atoms with E-state index in [4.69, 9.17) is 32.7 Å². The van der Waals surface area contributed by atoms with Crippen LogP contribution in [0.25, 0.3) is 0 Å². The van der Waals surface area contributed by atoms with Gasteiger partial charge in [-0.3, -0.25) is 4.79 Å². The van der Waals surface area contributed by atoms with Gasteiger partial charge in [-0.15, -0.1) is 0 Å². The maximum absolute atomic E-state index is 12.8. The lowest BCUT2D eigenvalue weighted by Gasteiger charge is -2.07. The van der Waals surface area contributed by atoms with Crippen LogP contribution >= 0.6 is 23.2 Å². The third-order valence-corrected chi connectivity index (χ3v) is 4.35. The van der Waals surface area contributed by atoms with Crippen molar-refractivity contribution in [2.24, 2.45) is 5.10 Å². The number of rotatable bonds is 7. The molecule has 3 aromatic carbocycles. The number of hydrogen-bond donors (Lipinski definition) is 1. The number of carbonyl (C=O) groups is 2. The van der Waals surface area contributed by atoms with Gasteiger partial charge in [0, 0.05) is 5.02 Å². The number of nitrogens with zero attached hydrogens (tertiary/aromatic N) is 1. The maximum Gasteiger partial charge on any atom is 0.345 e. The van der Waals surface area contributed by atoms with Crippen LogP contribution in [0.1, 0.15) is 15.9 Å². The lowest BCUT2D eigenvalue weighted by Crippen LogP contribution is -2.24. The molecule has 3 aromatic rings. The second-order valence-electron chi connectivity index (χ2n) is 6.12. The van der Waals surface area contributed by atoms with Gasteiger partial charge in [0.05, 0.1) is 16.8 Å². The molecule has 6 nitrogen and oxygen atoms in total. The number of hydrazone groups is 1. The molecule has 0 heterocycles. The van der Waals surface area contributed by atoms with Crippen molar-refractivity contribution in [3.63, 3.8) is 0 Å². The van der Waals surface area contributed by atoms with Gasteiger partial charge in [-0.05, 0) is 60.2 Å². The van der Waals surface area contributed by atoms with E-state index in [9.17, 15) is 14.0 Å². The minimum Gasteiger partial charge on any atom is -0.484 e. The Balaban J connectivity index is 1.53. The maximum atomic E-state index is 12.8. The van der Waals surface area contributed by atoms with Gasteiger partial charge in [0.2, 0.25) is 0 Å². The molecule has 0 spiro atoms. The van der Waals surface area contributed by atoms with E-state index in [1.54, 1.807) is 24.3 Å². The summed E-state index contributed by atoms with van der Waals surface area (Å²) in [5, 5.41) is 4.42. The Hall–Kier alpha value is -3.42. The molecule has 0 atom stereocenters. The van der Waals surface area contributed by atoms with Crippen LogP contribution in [0, 0.1) is 5.82 Å². The van der Waals surface area contributed by atoms with Crippen molar-refractivity contribution >= 4 is 41.3 Å². The third-order valence-electron chi connectivity index (χ3n) is 3.81. The van der Waals surface area contributed by atoms with Gasteiger partial charge >= 0.3 is 5.97 Å². The first kappa shape index (κ1) is 22.3. The highest BCUT2D eigenvalue weighted by molar-refractivity contribution is 6.36. The van der Waals surface area contributed by atoms with E-state index in [-0.39, 0.29) is 22.9 Å². The van der Waals surface area contributed by atoms with Gasteiger partial charge in [-0.1, -0.05) is 35.3 Å². The van der Waals surface area contributed by atoms with Crippen LogP contribution < -0.4 is 14.9 Å². The average Bonchev–Trinajstić information content (AvgIpc) is 2.73. The summed E-state index contributed by atoms with van der Waals surface area (Å²) in [6.07, 6.45) is 1.38. The summed E-state index contributed by atoms with van der Waals surface area (Å²) in [6, 6.07) is 16.3. The van der Waals surface area contributed by atoms with Crippen LogP contribution in [0.3, 0.4) is 0 Å². The fourth-order valence-electron chi connectivity index (χ4n) is 2.37. The highest BCUT2D eigenvalue weighted by atomic mass is 35.5. The summed E-state index contributed by atoms with van der Waals surface area (Å²) >= 11 is 11.8.